The molecule has 112 valence electrons. The Morgan fingerprint density at radius 1 is 1.32 bits per heavy atom. The van der Waals surface area contributed by atoms with Crippen molar-refractivity contribution in [3.8, 4) is 5.69 Å². The summed E-state index contributed by atoms with van der Waals surface area (Å²) < 4.78 is 1.89. The molecule has 0 unspecified atom stereocenters. The molecule has 1 amide bonds. The van der Waals surface area contributed by atoms with Crippen LogP contribution < -0.4 is 5.32 Å². The largest absolute Gasteiger partial charge is 0.465 e. The molecule has 0 saturated carbocycles. The summed E-state index contributed by atoms with van der Waals surface area (Å²) in [7, 11) is 0. The number of hydrogen-bond donors (Lipinski definition) is 2. The summed E-state index contributed by atoms with van der Waals surface area (Å²) in [6, 6.07) is 11.2. The van der Waals surface area contributed by atoms with E-state index >= 15 is 0 Å². The molecule has 0 fully saturated rings. The topological polar surface area (TPSA) is 80.0 Å². The van der Waals surface area contributed by atoms with E-state index in [2.05, 4.69) is 15.3 Å². The second kappa shape index (κ2) is 5.48. The van der Waals surface area contributed by atoms with E-state index in [0.717, 1.165) is 16.8 Å². The van der Waals surface area contributed by atoms with Crippen LogP contribution in [0.4, 0.5) is 4.79 Å². The fourth-order valence-electron chi connectivity index (χ4n) is 2.49. The van der Waals surface area contributed by atoms with E-state index in [1.807, 2.05) is 47.9 Å². The number of aromatic nitrogens is 3. The molecule has 2 aromatic heterocycles. The number of carboxylic acid groups (broad SMARTS) is 1. The average molecular weight is 296 g/mol. The lowest BCUT2D eigenvalue weighted by molar-refractivity contribution is 0.190. The lowest BCUT2D eigenvalue weighted by Crippen LogP contribution is -2.26. The molecule has 1 atom stereocenters. The van der Waals surface area contributed by atoms with Gasteiger partial charge in [0, 0.05) is 11.9 Å². The molecular formula is C16H16N4O2. The van der Waals surface area contributed by atoms with Gasteiger partial charge in [0.15, 0.2) is 5.65 Å². The first-order valence-electron chi connectivity index (χ1n) is 6.96. The SMILES string of the molecule is Cc1cccc(-n2c([C@H](C)NC(=O)O)nc3cccnc32)c1. The summed E-state index contributed by atoms with van der Waals surface area (Å²) in [5.74, 6) is 0.613. The zero-order chi connectivity index (χ0) is 15.7. The predicted octanol–water partition coefficient (Wildman–Crippen LogP) is 3.06. The van der Waals surface area contributed by atoms with Crippen LogP contribution in [0.3, 0.4) is 0 Å². The molecule has 3 rings (SSSR count). The first-order chi connectivity index (χ1) is 10.6. The number of rotatable bonds is 3. The van der Waals surface area contributed by atoms with Crippen LogP contribution in [0.25, 0.3) is 16.9 Å². The Labute approximate surface area is 127 Å². The van der Waals surface area contributed by atoms with E-state index in [1.165, 1.54) is 0 Å². The van der Waals surface area contributed by atoms with Crippen molar-refractivity contribution < 1.29 is 9.90 Å². The number of nitrogens with zero attached hydrogens (tertiary/aromatic N) is 3. The number of fused-ring (bicyclic) bond motifs is 1. The highest BCUT2D eigenvalue weighted by Gasteiger charge is 2.19. The highest BCUT2D eigenvalue weighted by molar-refractivity contribution is 5.74. The van der Waals surface area contributed by atoms with Gasteiger partial charge in [-0.05, 0) is 43.7 Å². The number of imidazole rings is 1. The van der Waals surface area contributed by atoms with Crippen LogP contribution in [0.15, 0.2) is 42.6 Å². The lowest BCUT2D eigenvalue weighted by atomic mass is 10.2. The van der Waals surface area contributed by atoms with Crippen LogP contribution in [0.1, 0.15) is 24.4 Å². The second-order valence-corrected chi connectivity index (χ2v) is 5.16. The molecule has 0 saturated heterocycles. The van der Waals surface area contributed by atoms with Gasteiger partial charge in [0.05, 0.1) is 6.04 Å². The fraction of sp³-hybridized carbons (Fsp3) is 0.188. The van der Waals surface area contributed by atoms with Crippen LogP contribution >= 0.6 is 0 Å². The van der Waals surface area contributed by atoms with Gasteiger partial charge >= 0.3 is 6.09 Å². The number of pyridine rings is 1. The number of amides is 1. The Morgan fingerprint density at radius 3 is 2.86 bits per heavy atom. The van der Waals surface area contributed by atoms with Gasteiger partial charge in [-0.1, -0.05) is 12.1 Å². The monoisotopic (exact) mass is 296 g/mol. The van der Waals surface area contributed by atoms with Gasteiger partial charge in [-0.25, -0.2) is 14.8 Å². The van der Waals surface area contributed by atoms with Crippen molar-refractivity contribution in [2.45, 2.75) is 19.9 Å². The molecule has 0 aliphatic rings. The minimum absolute atomic E-state index is 0.452. The molecular weight excluding hydrogens is 280 g/mol. The first kappa shape index (κ1) is 14.1. The summed E-state index contributed by atoms with van der Waals surface area (Å²) in [6.07, 6.45) is 0.623. The predicted molar refractivity (Wildman–Crippen MR) is 83.2 cm³/mol. The van der Waals surface area contributed by atoms with E-state index < -0.39 is 12.1 Å². The average Bonchev–Trinajstić information content (AvgIpc) is 2.86. The zero-order valence-corrected chi connectivity index (χ0v) is 12.3. The van der Waals surface area contributed by atoms with E-state index in [0.29, 0.717) is 11.5 Å². The van der Waals surface area contributed by atoms with E-state index in [9.17, 15) is 4.79 Å². The Balaban J connectivity index is 2.23. The molecule has 2 N–H and O–H groups in total. The highest BCUT2D eigenvalue weighted by Crippen LogP contribution is 2.24. The molecule has 0 bridgehead atoms. The van der Waals surface area contributed by atoms with Gasteiger partial charge in [0.1, 0.15) is 11.3 Å². The lowest BCUT2D eigenvalue weighted by Gasteiger charge is -2.14. The normalized spacial score (nSPS) is 12.3. The van der Waals surface area contributed by atoms with Crippen molar-refractivity contribution in [3.63, 3.8) is 0 Å². The van der Waals surface area contributed by atoms with Gasteiger partial charge in [0.25, 0.3) is 0 Å². The van der Waals surface area contributed by atoms with Crippen molar-refractivity contribution in [3.05, 3.63) is 54.0 Å². The summed E-state index contributed by atoms with van der Waals surface area (Å²) in [5, 5.41) is 11.4. The van der Waals surface area contributed by atoms with Crippen molar-refractivity contribution >= 4 is 17.3 Å². The first-order valence-corrected chi connectivity index (χ1v) is 6.96. The van der Waals surface area contributed by atoms with E-state index in [1.54, 1.807) is 13.1 Å². The molecule has 0 radical (unpaired) electrons. The molecule has 6 heteroatoms. The Kier molecular flexibility index (Phi) is 3.50. The standard InChI is InChI=1S/C16H16N4O2/c1-10-5-3-6-12(9-10)20-14(11(2)18-16(21)22)19-13-7-4-8-17-15(13)20/h3-9,11,18H,1-2H3,(H,21,22)/t11-/m0/s1. The molecule has 0 aliphatic heterocycles. The molecule has 2 heterocycles. The molecule has 1 aromatic carbocycles. The second-order valence-electron chi connectivity index (χ2n) is 5.16. The summed E-state index contributed by atoms with van der Waals surface area (Å²) in [6.45, 7) is 3.77. The van der Waals surface area contributed by atoms with Crippen molar-refractivity contribution in [2.24, 2.45) is 0 Å². The van der Waals surface area contributed by atoms with Crippen LogP contribution in [-0.4, -0.2) is 25.7 Å². The smallest absolute Gasteiger partial charge is 0.405 e. The molecule has 22 heavy (non-hydrogen) atoms. The fourth-order valence-corrected chi connectivity index (χ4v) is 2.49. The van der Waals surface area contributed by atoms with Crippen LogP contribution in [0, 0.1) is 6.92 Å². The molecule has 0 spiro atoms. The van der Waals surface area contributed by atoms with Gasteiger partial charge in [-0.2, -0.15) is 0 Å². The third-order valence-corrected chi connectivity index (χ3v) is 3.43. The van der Waals surface area contributed by atoms with Crippen molar-refractivity contribution in [2.75, 3.05) is 0 Å². The summed E-state index contributed by atoms with van der Waals surface area (Å²) >= 11 is 0. The van der Waals surface area contributed by atoms with Gasteiger partial charge in [0.2, 0.25) is 0 Å². The third-order valence-electron chi connectivity index (χ3n) is 3.43. The number of benzene rings is 1. The van der Waals surface area contributed by atoms with Crippen LogP contribution in [0.2, 0.25) is 0 Å². The zero-order valence-electron chi connectivity index (χ0n) is 12.3. The quantitative estimate of drug-likeness (QED) is 0.778. The van der Waals surface area contributed by atoms with Crippen LogP contribution in [-0.2, 0) is 0 Å². The molecule has 0 aliphatic carbocycles. The number of hydrogen-bond acceptors (Lipinski definition) is 3. The van der Waals surface area contributed by atoms with E-state index in [-0.39, 0.29) is 0 Å². The molecule has 3 aromatic rings. The van der Waals surface area contributed by atoms with E-state index in [4.69, 9.17) is 5.11 Å². The maximum absolute atomic E-state index is 10.9. The Bertz CT molecular complexity index is 841. The third kappa shape index (κ3) is 2.50. The van der Waals surface area contributed by atoms with Crippen molar-refractivity contribution in [1.29, 1.82) is 0 Å². The van der Waals surface area contributed by atoms with Gasteiger partial charge < -0.3 is 10.4 Å². The summed E-state index contributed by atoms with van der Waals surface area (Å²) in [4.78, 5) is 19.9. The molecule has 6 nitrogen and oxygen atoms in total. The highest BCUT2D eigenvalue weighted by atomic mass is 16.4. The Hall–Kier alpha value is -2.89. The van der Waals surface area contributed by atoms with Gasteiger partial charge in [-0.15, -0.1) is 0 Å². The summed E-state index contributed by atoms with van der Waals surface area (Å²) in [5.41, 5.74) is 3.47. The minimum atomic E-state index is -1.08. The van der Waals surface area contributed by atoms with Crippen LogP contribution in [0.5, 0.6) is 0 Å². The minimum Gasteiger partial charge on any atom is -0.465 e. The Morgan fingerprint density at radius 2 is 2.14 bits per heavy atom. The maximum atomic E-state index is 10.9. The number of nitrogens with one attached hydrogen (secondary N) is 1. The van der Waals surface area contributed by atoms with Gasteiger partial charge in [-0.3, -0.25) is 4.57 Å². The van der Waals surface area contributed by atoms with Crippen molar-refractivity contribution in [1.82, 2.24) is 19.9 Å². The number of carbonyl (C=O) groups is 1. The maximum Gasteiger partial charge on any atom is 0.405 e. The number of aryl methyl sites for hydroxylation is 1.